The summed E-state index contributed by atoms with van der Waals surface area (Å²) in [6.07, 6.45) is 0.218. The smallest absolute Gasteiger partial charge is 0.264 e. The van der Waals surface area contributed by atoms with Gasteiger partial charge in [-0.15, -0.1) is 0 Å². The van der Waals surface area contributed by atoms with Crippen LogP contribution in [0.15, 0.2) is 102 Å². The van der Waals surface area contributed by atoms with Crippen LogP contribution < -0.4 is 14.4 Å². The van der Waals surface area contributed by atoms with Crippen LogP contribution in [-0.4, -0.2) is 50.9 Å². The molecule has 242 valence electrons. The monoisotopic (exact) mass is 661 g/mol. The van der Waals surface area contributed by atoms with Gasteiger partial charge in [-0.25, -0.2) is 8.42 Å². The number of benzene rings is 4. The first-order chi connectivity index (χ1) is 21.9. The van der Waals surface area contributed by atoms with Gasteiger partial charge in [0, 0.05) is 24.0 Å². The number of aryl methyl sites for hydroxylation is 2. The molecule has 0 radical (unpaired) electrons. The van der Waals surface area contributed by atoms with E-state index in [2.05, 4.69) is 5.32 Å². The molecule has 46 heavy (non-hydrogen) atoms. The van der Waals surface area contributed by atoms with Crippen molar-refractivity contribution >= 4 is 39.1 Å². The molecule has 1 N–H and O–H groups in total. The highest BCUT2D eigenvalue weighted by Crippen LogP contribution is 2.30. The Hall–Kier alpha value is -4.34. The van der Waals surface area contributed by atoms with Crippen molar-refractivity contribution in [2.45, 2.75) is 57.6 Å². The second-order valence-corrected chi connectivity index (χ2v) is 13.8. The molecule has 0 fully saturated rings. The molecule has 1 atom stereocenters. The summed E-state index contributed by atoms with van der Waals surface area (Å²) in [6, 6.07) is 26.9. The minimum absolute atomic E-state index is 0.0306. The van der Waals surface area contributed by atoms with Gasteiger partial charge in [-0.1, -0.05) is 77.8 Å². The standard InChI is InChI=1S/C36H40ClN3O5S/c1-25(2)38-36(42)34(21-28-10-7-6-8-11-28)39(23-29-12-9-13-31(20-29)45-5)35(41)24-40(33-22-30(37)17-16-27(33)4)46(43,44)32-18-14-26(3)15-19-32/h6-20,22,25,34H,21,23-24H2,1-5H3,(H,38,42). The second kappa shape index (κ2) is 15.3. The van der Waals surface area contributed by atoms with Crippen molar-refractivity contribution in [1.29, 1.82) is 0 Å². The van der Waals surface area contributed by atoms with Gasteiger partial charge in [-0.3, -0.25) is 13.9 Å². The lowest BCUT2D eigenvalue weighted by Crippen LogP contribution is -2.54. The molecule has 2 amide bonds. The number of anilines is 1. The fraction of sp³-hybridized carbons (Fsp3) is 0.278. The molecule has 0 heterocycles. The topological polar surface area (TPSA) is 96.0 Å². The highest BCUT2D eigenvalue weighted by molar-refractivity contribution is 7.92. The Labute approximate surface area is 277 Å². The summed E-state index contributed by atoms with van der Waals surface area (Å²) in [5.74, 6) is -0.311. The molecule has 0 aliphatic heterocycles. The lowest BCUT2D eigenvalue weighted by molar-refractivity contribution is -0.140. The van der Waals surface area contributed by atoms with E-state index in [1.807, 2.05) is 57.2 Å². The lowest BCUT2D eigenvalue weighted by Gasteiger charge is -2.34. The summed E-state index contributed by atoms with van der Waals surface area (Å²) >= 11 is 6.36. The first-order valence-corrected chi connectivity index (χ1v) is 16.8. The number of nitrogens with one attached hydrogen (secondary N) is 1. The average Bonchev–Trinajstić information content (AvgIpc) is 3.03. The van der Waals surface area contributed by atoms with Gasteiger partial charge in [0.1, 0.15) is 18.3 Å². The fourth-order valence-corrected chi connectivity index (χ4v) is 6.74. The Kier molecular flexibility index (Phi) is 11.5. The third-order valence-corrected chi connectivity index (χ3v) is 9.53. The number of methoxy groups -OCH3 is 1. The number of ether oxygens (including phenoxy) is 1. The Morgan fingerprint density at radius 1 is 0.870 bits per heavy atom. The summed E-state index contributed by atoms with van der Waals surface area (Å²) in [6.45, 7) is 6.79. The van der Waals surface area contributed by atoms with E-state index in [0.717, 1.165) is 21.0 Å². The van der Waals surface area contributed by atoms with Crippen LogP contribution in [0.1, 0.15) is 36.1 Å². The van der Waals surface area contributed by atoms with E-state index in [1.54, 1.807) is 56.5 Å². The summed E-state index contributed by atoms with van der Waals surface area (Å²) in [5.41, 5.74) is 3.35. The van der Waals surface area contributed by atoms with Crippen molar-refractivity contribution in [3.63, 3.8) is 0 Å². The van der Waals surface area contributed by atoms with Crippen LogP contribution in [-0.2, 0) is 32.6 Å². The van der Waals surface area contributed by atoms with Crippen molar-refractivity contribution in [3.05, 3.63) is 124 Å². The van der Waals surface area contributed by atoms with Gasteiger partial charge in [0.2, 0.25) is 11.8 Å². The fourth-order valence-electron chi connectivity index (χ4n) is 5.10. The summed E-state index contributed by atoms with van der Waals surface area (Å²) in [4.78, 5) is 29.9. The van der Waals surface area contributed by atoms with Crippen molar-refractivity contribution in [2.24, 2.45) is 0 Å². The largest absolute Gasteiger partial charge is 0.497 e. The molecule has 4 rings (SSSR count). The van der Waals surface area contributed by atoms with Gasteiger partial charge in [0.25, 0.3) is 10.0 Å². The molecule has 4 aromatic rings. The van der Waals surface area contributed by atoms with Crippen LogP contribution >= 0.6 is 11.6 Å². The average molecular weight is 662 g/mol. The normalized spacial score (nSPS) is 12.0. The zero-order valence-corrected chi connectivity index (χ0v) is 28.3. The number of amides is 2. The molecule has 0 bridgehead atoms. The van der Waals surface area contributed by atoms with Crippen LogP contribution in [0, 0.1) is 13.8 Å². The van der Waals surface area contributed by atoms with Crippen LogP contribution in [0.3, 0.4) is 0 Å². The van der Waals surface area contributed by atoms with Gasteiger partial charge in [0.05, 0.1) is 17.7 Å². The number of nitrogens with zero attached hydrogens (tertiary/aromatic N) is 2. The van der Waals surface area contributed by atoms with Crippen molar-refractivity contribution in [3.8, 4) is 5.75 Å². The molecule has 1 unspecified atom stereocenters. The van der Waals surface area contributed by atoms with Crippen LogP contribution in [0.2, 0.25) is 5.02 Å². The van der Waals surface area contributed by atoms with E-state index in [4.69, 9.17) is 16.3 Å². The lowest BCUT2D eigenvalue weighted by atomic mass is 10.0. The molecule has 10 heteroatoms. The van der Waals surface area contributed by atoms with Crippen molar-refractivity contribution in [1.82, 2.24) is 10.2 Å². The number of rotatable bonds is 13. The predicted octanol–water partition coefficient (Wildman–Crippen LogP) is 6.33. The third kappa shape index (κ3) is 8.68. The van der Waals surface area contributed by atoms with E-state index in [0.29, 0.717) is 16.3 Å². The quantitative estimate of drug-likeness (QED) is 0.181. The molecule has 0 spiro atoms. The first kappa shape index (κ1) is 34.5. The molecule has 4 aromatic carbocycles. The SMILES string of the molecule is COc1cccc(CN(C(=O)CN(c2cc(Cl)ccc2C)S(=O)(=O)c2ccc(C)cc2)C(Cc2ccccc2)C(=O)NC(C)C)c1. The molecule has 0 aromatic heterocycles. The van der Waals surface area contributed by atoms with Gasteiger partial charge in [-0.05, 0) is 80.8 Å². The van der Waals surface area contributed by atoms with E-state index < -0.39 is 28.5 Å². The zero-order chi connectivity index (χ0) is 33.4. The Bertz CT molecular complexity index is 1760. The molecular formula is C36H40ClN3O5S. The first-order valence-electron chi connectivity index (χ1n) is 15.0. The van der Waals surface area contributed by atoms with Crippen molar-refractivity contribution < 1.29 is 22.7 Å². The molecule has 0 aliphatic carbocycles. The maximum Gasteiger partial charge on any atom is 0.264 e. The molecule has 0 saturated carbocycles. The maximum absolute atomic E-state index is 14.6. The van der Waals surface area contributed by atoms with Gasteiger partial charge >= 0.3 is 0 Å². The highest BCUT2D eigenvalue weighted by atomic mass is 35.5. The van der Waals surface area contributed by atoms with Crippen LogP contribution in [0.25, 0.3) is 0 Å². The van der Waals surface area contributed by atoms with E-state index in [9.17, 15) is 18.0 Å². The van der Waals surface area contributed by atoms with E-state index >= 15 is 0 Å². The van der Waals surface area contributed by atoms with E-state index in [1.165, 1.54) is 23.1 Å². The number of carbonyl (C=O) groups excluding carboxylic acids is 2. The molecule has 8 nitrogen and oxygen atoms in total. The van der Waals surface area contributed by atoms with E-state index in [-0.39, 0.29) is 35.5 Å². The summed E-state index contributed by atoms with van der Waals surface area (Å²) in [7, 11) is -2.69. The second-order valence-electron chi connectivity index (χ2n) is 11.5. The number of sulfonamides is 1. The number of carbonyl (C=O) groups is 2. The van der Waals surface area contributed by atoms with Crippen LogP contribution in [0.5, 0.6) is 5.75 Å². The summed E-state index contributed by atoms with van der Waals surface area (Å²) < 4.78 is 35.0. The number of halogens is 1. The minimum Gasteiger partial charge on any atom is -0.497 e. The van der Waals surface area contributed by atoms with Gasteiger partial charge < -0.3 is 15.0 Å². The van der Waals surface area contributed by atoms with Gasteiger partial charge in [-0.2, -0.15) is 0 Å². The Balaban J connectivity index is 1.84. The zero-order valence-electron chi connectivity index (χ0n) is 26.7. The Morgan fingerprint density at radius 3 is 2.20 bits per heavy atom. The molecular weight excluding hydrogens is 622 g/mol. The Morgan fingerprint density at radius 2 is 1.54 bits per heavy atom. The van der Waals surface area contributed by atoms with Gasteiger partial charge in [0.15, 0.2) is 0 Å². The minimum atomic E-state index is -4.24. The number of hydrogen-bond donors (Lipinski definition) is 1. The molecule has 0 saturated heterocycles. The molecule has 0 aliphatic rings. The van der Waals surface area contributed by atoms with Crippen LogP contribution in [0.4, 0.5) is 5.69 Å². The summed E-state index contributed by atoms with van der Waals surface area (Å²) in [5, 5.41) is 3.29. The third-order valence-electron chi connectivity index (χ3n) is 7.52. The predicted molar refractivity (Wildman–Crippen MR) is 183 cm³/mol. The maximum atomic E-state index is 14.6. The number of hydrogen-bond acceptors (Lipinski definition) is 5. The van der Waals surface area contributed by atoms with Crippen molar-refractivity contribution in [2.75, 3.05) is 18.0 Å². The highest BCUT2D eigenvalue weighted by Gasteiger charge is 2.35.